The molecule has 0 spiro atoms. The minimum Gasteiger partial charge on any atom is -0.325 e. The second kappa shape index (κ2) is 5.18. The molecule has 4 aliphatic rings. The molecule has 2 heteroatoms. The molecule has 0 aromatic heterocycles. The molecule has 0 N–H and O–H groups in total. The van der Waals surface area contributed by atoms with Crippen molar-refractivity contribution in [1.82, 2.24) is 4.90 Å². The van der Waals surface area contributed by atoms with Crippen molar-refractivity contribution in [2.45, 2.75) is 45.4 Å². The fourth-order valence-electron chi connectivity index (χ4n) is 3.37. The molecule has 21 heavy (non-hydrogen) atoms. The molecule has 0 amide bonds. The Kier molecular flexibility index (Phi) is 3.17. The third kappa shape index (κ3) is 2.44. The summed E-state index contributed by atoms with van der Waals surface area (Å²) in [6.45, 7) is 3.12. The van der Waals surface area contributed by atoms with Crippen LogP contribution < -0.4 is 0 Å². The van der Waals surface area contributed by atoms with E-state index >= 15 is 0 Å². The molecule has 0 atom stereocenters. The molecule has 1 fully saturated rings. The minimum atomic E-state index is 0.968. The molecule has 0 saturated heterocycles. The van der Waals surface area contributed by atoms with Crippen molar-refractivity contribution >= 4 is 5.84 Å². The number of fused-ring (bicyclic) bond motifs is 1. The van der Waals surface area contributed by atoms with Crippen molar-refractivity contribution in [3.63, 3.8) is 0 Å². The van der Waals surface area contributed by atoms with E-state index in [0.29, 0.717) is 0 Å². The van der Waals surface area contributed by atoms with Crippen molar-refractivity contribution in [1.29, 1.82) is 0 Å². The standard InChI is InChI=1S/C19H22N2/c1-14-20-18-10-6-5-9-17(18)19(16-11-12-16)21(14)13-15-7-3-2-4-8-15/h3,7-10H,2,4-6,11-13H2,1H3. The van der Waals surface area contributed by atoms with Gasteiger partial charge in [-0.15, -0.1) is 0 Å². The van der Waals surface area contributed by atoms with Gasteiger partial charge < -0.3 is 4.90 Å². The van der Waals surface area contributed by atoms with Gasteiger partial charge >= 0.3 is 0 Å². The SMILES string of the molecule is CC1=NC2=CCCC=C2C(=C2CC2)N1CC1=CCCC=C1. The van der Waals surface area contributed by atoms with Crippen LogP contribution in [0.4, 0.5) is 0 Å². The summed E-state index contributed by atoms with van der Waals surface area (Å²) in [6.07, 6.45) is 18.8. The number of nitrogens with zero attached hydrogens (tertiary/aromatic N) is 2. The predicted molar refractivity (Wildman–Crippen MR) is 87.9 cm³/mol. The lowest BCUT2D eigenvalue weighted by Gasteiger charge is -2.35. The van der Waals surface area contributed by atoms with Crippen LogP contribution in [0.15, 0.2) is 63.5 Å². The first-order valence-corrected chi connectivity index (χ1v) is 8.14. The highest BCUT2D eigenvalue weighted by atomic mass is 15.2. The van der Waals surface area contributed by atoms with E-state index in [4.69, 9.17) is 4.99 Å². The molecule has 3 aliphatic carbocycles. The van der Waals surface area contributed by atoms with Crippen molar-refractivity contribution in [3.8, 4) is 0 Å². The van der Waals surface area contributed by atoms with Crippen LogP contribution in [0.3, 0.4) is 0 Å². The van der Waals surface area contributed by atoms with Gasteiger partial charge in [-0.25, -0.2) is 4.99 Å². The topological polar surface area (TPSA) is 15.6 Å². The lowest BCUT2D eigenvalue weighted by atomic mass is 9.96. The zero-order chi connectivity index (χ0) is 14.2. The van der Waals surface area contributed by atoms with Crippen molar-refractivity contribution < 1.29 is 0 Å². The molecular weight excluding hydrogens is 256 g/mol. The summed E-state index contributed by atoms with van der Waals surface area (Å²) in [5, 5.41) is 0. The normalized spacial score (nSPS) is 24.1. The van der Waals surface area contributed by atoms with E-state index in [1.807, 2.05) is 0 Å². The van der Waals surface area contributed by atoms with Crippen LogP contribution in [0.2, 0.25) is 0 Å². The Morgan fingerprint density at radius 2 is 1.86 bits per heavy atom. The van der Waals surface area contributed by atoms with Gasteiger partial charge in [-0.05, 0) is 56.6 Å². The van der Waals surface area contributed by atoms with Crippen LogP contribution in [-0.2, 0) is 0 Å². The highest BCUT2D eigenvalue weighted by Gasteiger charge is 2.32. The minimum absolute atomic E-state index is 0.968. The zero-order valence-electron chi connectivity index (χ0n) is 12.7. The van der Waals surface area contributed by atoms with E-state index in [2.05, 4.69) is 42.2 Å². The van der Waals surface area contributed by atoms with Gasteiger partial charge in [0.1, 0.15) is 5.84 Å². The van der Waals surface area contributed by atoms with Gasteiger partial charge in [-0.3, -0.25) is 0 Å². The highest BCUT2D eigenvalue weighted by Crippen LogP contribution is 2.42. The number of hydrogen-bond acceptors (Lipinski definition) is 2. The number of amidine groups is 1. The molecule has 0 aromatic carbocycles. The summed E-state index contributed by atoms with van der Waals surface area (Å²) in [5.41, 5.74) is 7.10. The highest BCUT2D eigenvalue weighted by molar-refractivity contribution is 5.87. The summed E-state index contributed by atoms with van der Waals surface area (Å²) in [6, 6.07) is 0. The predicted octanol–water partition coefficient (Wildman–Crippen LogP) is 4.65. The summed E-state index contributed by atoms with van der Waals surface area (Å²) in [4.78, 5) is 7.30. The van der Waals surface area contributed by atoms with Gasteiger partial charge in [0.2, 0.25) is 0 Å². The van der Waals surface area contributed by atoms with Crippen molar-refractivity contribution in [2.24, 2.45) is 4.99 Å². The Bertz CT molecular complexity index is 647. The monoisotopic (exact) mass is 278 g/mol. The maximum Gasteiger partial charge on any atom is 0.106 e. The third-order valence-corrected chi connectivity index (χ3v) is 4.57. The Morgan fingerprint density at radius 3 is 2.62 bits per heavy atom. The van der Waals surface area contributed by atoms with E-state index in [1.54, 1.807) is 5.57 Å². The van der Waals surface area contributed by atoms with Gasteiger partial charge in [0.05, 0.1) is 11.4 Å². The molecule has 0 radical (unpaired) electrons. The summed E-state index contributed by atoms with van der Waals surface area (Å²) >= 11 is 0. The lowest BCUT2D eigenvalue weighted by molar-refractivity contribution is 0.548. The molecule has 1 heterocycles. The second-order valence-electron chi connectivity index (χ2n) is 6.24. The van der Waals surface area contributed by atoms with E-state index in [1.165, 1.54) is 48.2 Å². The molecule has 2 nitrogen and oxygen atoms in total. The van der Waals surface area contributed by atoms with E-state index < -0.39 is 0 Å². The van der Waals surface area contributed by atoms with E-state index in [9.17, 15) is 0 Å². The van der Waals surface area contributed by atoms with Gasteiger partial charge in [-0.2, -0.15) is 0 Å². The van der Waals surface area contributed by atoms with Crippen LogP contribution in [0.25, 0.3) is 0 Å². The molecule has 108 valence electrons. The molecular formula is C19H22N2. The number of aliphatic imine (C=N–C) groups is 1. The quantitative estimate of drug-likeness (QED) is 0.718. The van der Waals surface area contributed by atoms with E-state index in [0.717, 1.165) is 25.2 Å². The first kappa shape index (κ1) is 12.9. The van der Waals surface area contributed by atoms with Crippen LogP contribution in [0, 0.1) is 0 Å². The molecule has 0 aromatic rings. The maximum atomic E-state index is 4.86. The summed E-state index contributed by atoms with van der Waals surface area (Å²) < 4.78 is 0. The smallest absolute Gasteiger partial charge is 0.106 e. The zero-order valence-corrected chi connectivity index (χ0v) is 12.7. The van der Waals surface area contributed by atoms with Crippen molar-refractivity contribution in [3.05, 3.63) is 58.5 Å². The van der Waals surface area contributed by atoms with Crippen LogP contribution in [-0.4, -0.2) is 17.3 Å². The summed E-state index contributed by atoms with van der Waals surface area (Å²) in [5.74, 6) is 1.15. The fraction of sp³-hybridized carbons (Fsp3) is 0.421. The largest absolute Gasteiger partial charge is 0.325 e. The first-order chi connectivity index (χ1) is 10.3. The fourth-order valence-corrected chi connectivity index (χ4v) is 3.37. The number of rotatable bonds is 2. The first-order valence-electron chi connectivity index (χ1n) is 8.14. The van der Waals surface area contributed by atoms with Gasteiger partial charge in [0, 0.05) is 12.1 Å². The van der Waals surface area contributed by atoms with Gasteiger partial charge in [0.15, 0.2) is 0 Å². The molecule has 0 bridgehead atoms. The van der Waals surface area contributed by atoms with E-state index in [-0.39, 0.29) is 0 Å². The Morgan fingerprint density at radius 1 is 1.05 bits per heavy atom. The average Bonchev–Trinajstić information content (AvgIpc) is 3.34. The Hall–Kier alpha value is -1.83. The number of hydrogen-bond donors (Lipinski definition) is 0. The van der Waals surface area contributed by atoms with Gasteiger partial charge in [0.25, 0.3) is 0 Å². The molecule has 0 unspecified atom stereocenters. The lowest BCUT2D eigenvalue weighted by Crippen LogP contribution is -2.35. The maximum absolute atomic E-state index is 4.86. The summed E-state index contributed by atoms with van der Waals surface area (Å²) in [7, 11) is 0. The van der Waals surface area contributed by atoms with Crippen LogP contribution >= 0.6 is 0 Å². The third-order valence-electron chi connectivity index (χ3n) is 4.57. The van der Waals surface area contributed by atoms with Crippen molar-refractivity contribution in [2.75, 3.05) is 6.54 Å². The Balaban J connectivity index is 1.73. The molecule has 1 saturated carbocycles. The second-order valence-corrected chi connectivity index (χ2v) is 6.24. The van der Waals surface area contributed by atoms with Crippen LogP contribution in [0.1, 0.15) is 45.4 Å². The number of allylic oxidation sites excluding steroid dienone is 5. The van der Waals surface area contributed by atoms with Crippen LogP contribution in [0.5, 0.6) is 0 Å². The van der Waals surface area contributed by atoms with Gasteiger partial charge in [-0.1, -0.05) is 30.4 Å². The average molecular weight is 278 g/mol. The Labute approximate surface area is 126 Å². The molecule has 4 rings (SSSR count). The molecule has 1 aliphatic heterocycles.